The van der Waals surface area contributed by atoms with Gasteiger partial charge < -0.3 is 20.7 Å². The Morgan fingerprint density at radius 2 is 1.63 bits per heavy atom. The summed E-state index contributed by atoms with van der Waals surface area (Å²) >= 11 is 0. The Morgan fingerprint density at radius 3 is 2.31 bits per heavy atom. The van der Waals surface area contributed by atoms with Crippen molar-refractivity contribution in [3.8, 4) is 5.75 Å². The smallest absolute Gasteiger partial charge is 0.260 e. The average Bonchev–Trinajstić information content (AvgIpc) is 2.89. The molecule has 0 radical (unpaired) electrons. The van der Waals surface area contributed by atoms with Gasteiger partial charge in [0.1, 0.15) is 5.75 Å². The molecule has 35 heavy (non-hydrogen) atoms. The van der Waals surface area contributed by atoms with Crippen LogP contribution in [0.2, 0.25) is 0 Å². The first-order valence-corrected chi connectivity index (χ1v) is 12.3. The maximum Gasteiger partial charge on any atom is 0.260 e. The third-order valence-corrected chi connectivity index (χ3v) is 6.86. The summed E-state index contributed by atoms with van der Waals surface area (Å²) in [5, 5.41) is 3.01. The number of benzene rings is 2. The van der Waals surface area contributed by atoms with Gasteiger partial charge in [-0.15, -0.1) is 0 Å². The normalized spacial score (nSPS) is 19.2. The molecular weight excluding hydrogens is 444 g/mol. The van der Waals surface area contributed by atoms with E-state index in [9.17, 15) is 14.4 Å². The first-order valence-electron chi connectivity index (χ1n) is 12.3. The van der Waals surface area contributed by atoms with Gasteiger partial charge in [0.25, 0.3) is 5.91 Å². The molecule has 2 aromatic carbocycles. The number of piperidine rings is 2. The van der Waals surface area contributed by atoms with Crippen LogP contribution in [-0.4, -0.2) is 60.3 Å². The standard InChI is InChI=1S/C27H34N4O4/c28-26(33)22-5-4-14-30(18-22)17-20-8-10-23(11-9-20)29-27(34)21-12-15-31(16-13-21)25(32)19-35-24-6-2-1-3-7-24/h1-3,6-11,21-22H,4-5,12-19H2,(H2,28,33)(H,29,34)/t22-/m0/s1. The summed E-state index contributed by atoms with van der Waals surface area (Å²) in [5.74, 6) is 0.202. The SMILES string of the molecule is NC(=O)[C@H]1CCCN(Cc2ccc(NC(=O)C3CCN(C(=O)COc4ccccc4)CC3)cc2)C1. The number of likely N-dealkylation sites (tertiary alicyclic amines) is 2. The van der Waals surface area contributed by atoms with Gasteiger partial charge in [0, 0.05) is 37.8 Å². The van der Waals surface area contributed by atoms with E-state index in [0.29, 0.717) is 38.2 Å². The second-order valence-electron chi connectivity index (χ2n) is 9.42. The lowest BCUT2D eigenvalue weighted by atomic mass is 9.95. The van der Waals surface area contributed by atoms with E-state index >= 15 is 0 Å². The second-order valence-corrected chi connectivity index (χ2v) is 9.42. The summed E-state index contributed by atoms with van der Waals surface area (Å²) in [5.41, 5.74) is 7.38. The third kappa shape index (κ3) is 7.05. The number of hydrogen-bond acceptors (Lipinski definition) is 5. The summed E-state index contributed by atoms with van der Waals surface area (Å²) < 4.78 is 5.55. The number of nitrogens with zero attached hydrogens (tertiary/aromatic N) is 2. The van der Waals surface area contributed by atoms with Crippen LogP contribution in [0.1, 0.15) is 31.2 Å². The lowest BCUT2D eigenvalue weighted by Crippen LogP contribution is -2.43. The number of amides is 3. The number of nitrogens with two attached hydrogens (primary N) is 1. The quantitative estimate of drug-likeness (QED) is 0.607. The molecule has 0 aromatic heterocycles. The van der Waals surface area contributed by atoms with Gasteiger partial charge in [-0.25, -0.2) is 0 Å². The summed E-state index contributed by atoms with van der Waals surface area (Å²) in [6.45, 7) is 3.54. The summed E-state index contributed by atoms with van der Waals surface area (Å²) in [6.07, 6.45) is 3.12. The number of para-hydroxylation sites is 1. The fourth-order valence-corrected chi connectivity index (χ4v) is 4.77. The third-order valence-electron chi connectivity index (χ3n) is 6.86. The summed E-state index contributed by atoms with van der Waals surface area (Å²) in [4.78, 5) is 40.7. The van der Waals surface area contributed by atoms with Gasteiger partial charge >= 0.3 is 0 Å². The van der Waals surface area contributed by atoms with Gasteiger partial charge in [0.2, 0.25) is 11.8 Å². The molecular formula is C27H34N4O4. The van der Waals surface area contributed by atoms with E-state index in [-0.39, 0.29) is 36.2 Å². The van der Waals surface area contributed by atoms with Crippen LogP contribution in [-0.2, 0) is 20.9 Å². The zero-order valence-corrected chi connectivity index (χ0v) is 20.0. The van der Waals surface area contributed by atoms with Crippen molar-refractivity contribution in [3.63, 3.8) is 0 Å². The maximum absolute atomic E-state index is 12.8. The number of ether oxygens (including phenoxy) is 1. The highest BCUT2D eigenvalue weighted by Gasteiger charge is 2.28. The van der Waals surface area contributed by atoms with Crippen LogP contribution in [0.25, 0.3) is 0 Å². The highest BCUT2D eigenvalue weighted by atomic mass is 16.5. The Labute approximate surface area is 206 Å². The van der Waals surface area contributed by atoms with E-state index in [2.05, 4.69) is 10.2 Å². The lowest BCUT2D eigenvalue weighted by Gasteiger charge is -2.31. The molecule has 186 valence electrons. The van der Waals surface area contributed by atoms with Crippen molar-refractivity contribution in [2.75, 3.05) is 38.1 Å². The first-order chi connectivity index (χ1) is 17.0. The van der Waals surface area contributed by atoms with Crippen molar-refractivity contribution in [1.29, 1.82) is 0 Å². The van der Waals surface area contributed by atoms with Crippen LogP contribution in [0.4, 0.5) is 5.69 Å². The lowest BCUT2D eigenvalue weighted by molar-refractivity contribution is -0.136. The number of carbonyl (C=O) groups excluding carboxylic acids is 3. The van der Waals surface area contributed by atoms with Gasteiger partial charge in [-0.1, -0.05) is 30.3 Å². The monoisotopic (exact) mass is 478 g/mol. The Balaban J connectivity index is 1.19. The van der Waals surface area contributed by atoms with Gasteiger partial charge in [-0.05, 0) is 62.1 Å². The zero-order chi connectivity index (χ0) is 24.6. The van der Waals surface area contributed by atoms with Gasteiger partial charge in [-0.2, -0.15) is 0 Å². The molecule has 3 amide bonds. The number of rotatable bonds is 8. The fraction of sp³-hybridized carbons (Fsp3) is 0.444. The molecule has 2 aliphatic heterocycles. The molecule has 0 unspecified atom stereocenters. The highest BCUT2D eigenvalue weighted by Crippen LogP contribution is 2.22. The van der Waals surface area contributed by atoms with Crippen LogP contribution >= 0.6 is 0 Å². The molecule has 2 fully saturated rings. The average molecular weight is 479 g/mol. The van der Waals surface area contributed by atoms with Crippen molar-refractivity contribution in [2.24, 2.45) is 17.6 Å². The van der Waals surface area contributed by atoms with E-state index in [1.165, 1.54) is 0 Å². The first kappa shape index (κ1) is 24.7. The van der Waals surface area contributed by atoms with Crippen LogP contribution < -0.4 is 15.8 Å². The summed E-state index contributed by atoms with van der Waals surface area (Å²) in [6, 6.07) is 17.1. The molecule has 3 N–H and O–H groups in total. The van der Waals surface area contributed by atoms with E-state index in [1.54, 1.807) is 4.90 Å². The molecule has 2 aliphatic rings. The van der Waals surface area contributed by atoms with Crippen LogP contribution in [0.3, 0.4) is 0 Å². The van der Waals surface area contributed by atoms with E-state index in [0.717, 1.165) is 37.2 Å². The topological polar surface area (TPSA) is 105 Å². The molecule has 0 aliphatic carbocycles. The molecule has 4 rings (SSSR count). The Hall–Kier alpha value is -3.39. The highest BCUT2D eigenvalue weighted by molar-refractivity contribution is 5.92. The maximum atomic E-state index is 12.8. The number of hydrogen-bond donors (Lipinski definition) is 2. The van der Waals surface area contributed by atoms with Crippen molar-refractivity contribution >= 4 is 23.4 Å². The second kappa shape index (κ2) is 11.8. The Bertz CT molecular complexity index is 1000. The fourth-order valence-electron chi connectivity index (χ4n) is 4.77. The molecule has 0 bridgehead atoms. The van der Waals surface area contributed by atoms with E-state index in [4.69, 9.17) is 10.5 Å². The molecule has 0 saturated carbocycles. The van der Waals surface area contributed by atoms with Crippen LogP contribution in [0.15, 0.2) is 54.6 Å². The predicted octanol–water partition coefficient (Wildman–Crippen LogP) is 2.64. The molecule has 2 aromatic rings. The Kier molecular flexibility index (Phi) is 8.36. The number of primary amides is 1. The molecule has 2 saturated heterocycles. The van der Waals surface area contributed by atoms with Gasteiger partial charge in [-0.3, -0.25) is 19.3 Å². The van der Waals surface area contributed by atoms with Crippen molar-refractivity contribution in [3.05, 3.63) is 60.2 Å². The zero-order valence-electron chi connectivity index (χ0n) is 20.0. The predicted molar refractivity (Wildman–Crippen MR) is 134 cm³/mol. The molecule has 8 heteroatoms. The van der Waals surface area contributed by atoms with Crippen LogP contribution in [0.5, 0.6) is 5.75 Å². The molecule has 2 heterocycles. The summed E-state index contributed by atoms with van der Waals surface area (Å²) in [7, 11) is 0. The molecule has 1 atom stereocenters. The number of anilines is 1. The van der Waals surface area contributed by atoms with Crippen molar-refractivity contribution in [1.82, 2.24) is 9.80 Å². The Morgan fingerprint density at radius 1 is 0.914 bits per heavy atom. The molecule has 8 nitrogen and oxygen atoms in total. The van der Waals surface area contributed by atoms with E-state index in [1.807, 2.05) is 54.6 Å². The van der Waals surface area contributed by atoms with Crippen molar-refractivity contribution < 1.29 is 19.1 Å². The van der Waals surface area contributed by atoms with Gasteiger partial charge in [0.05, 0.1) is 5.92 Å². The van der Waals surface area contributed by atoms with Crippen LogP contribution in [0, 0.1) is 11.8 Å². The van der Waals surface area contributed by atoms with Gasteiger partial charge in [0.15, 0.2) is 6.61 Å². The minimum Gasteiger partial charge on any atom is -0.484 e. The number of carbonyl (C=O) groups is 3. The largest absolute Gasteiger partial charge is 0.484 e. The minimum atomic E-state index is -0.219. The van der Waals surface area contributed by atoms with E-state index < -0.39 is 0 Å². The van der Waals surface area contributed by atoms with Crippen molar-refractivity contribution in [2.45, 2.75) is 32.2 Å². The molecule has 0 spiro atoms. The minimum absolute atomic E-state index is 0.00778. The number of nitrogens with one attached hydrogen (secondary N) is 1.